The van der Waals surface area contributed by atoms with Crippen molar-refractivity contribution >= 4 is 32.7 Å². The summed E-state index contributed by atoms with van der Waals surface area (Å²) in [4.78, 5) is 4.35. The van der Waals surface area contributed by atoms with Crippen molar-refractivity contribution in [1.29, 1.82) is 0 Å². The van der Waals surface area contributed by atoms with Gasteiger partial charge < -0.3 is 19.6 Å². The van der Waals surface area contributed by atoms with Crippen LogP contribution in [0.4, 0.5) is 5.69 Å². The van der Waals surface area contributed by atoms with Crippen molar-refractivity contribution in [3.05, 3.63) is 46.8 Å². The maximum absolute atomic E-state index is 5.71. The summed E-state index contributed by atoms with van der Waals surface area (Å²) < 4.78 is 17.2. The first-order valence-corrected chi connectivity index (χ1v) is 7.06. The number of rotatable bonds is 4. The molecule has 3 rings (SSSR count). The van der Waals surface area contributed by atoms with E-state index in [-0.39, 0.29) is 6.61 Å². The second-order valence-corrected chi connectivity index (χ2v) is 5.27. The molecule has 1 heterocycles. The number of ether oxygens (including phenoxy) is 2. The Balaban J connectivity index is 1.77. The lowest BCUT2D eigenvalue weighted by molar-refractivity contribution is 0.265. The topological polar surface area (TPSA) is 70.5 Å². The Morgan fingerprint density at radius 1 is 1.24 bits per heavy atom. The first-order chi connectivity index (χ1) is 10.2. The molecule has 0 radical (unpaired) electrons. The van der Waals surface area contributed by atoms with Gasteiger partial charge in [-0.25, -0.2) is 4.98 Å². The molecule has 2 N–H and O–H groups in total. The van der Waals surface area contributed by atoms with Crippen molar-refractivity contribution in [2.24, 2.45) is 0 Å². The van der Waals surface area contributed by atoms with Gasteiger partial charge in [0.15, 0.2) is 12.2 Å². The molecule has 0 atom stereocenters. The van der Waals surface area contributed by atoms with Crippen LogP contribution in [0.3, 0.4) is 0 Å². The molecule has 0 aliphatic carbocycles. The van der Waals surface area contributed by atoms with E-state index in [2.05, 4.69) is 20.9 Å². The summed E-state index contributed by atoms with van der Waals surface area (Å²) in [5, 5.41) is 0. The highest BCUT2D eigenvalue weighted by molar-refractivity contribution is 9.10. The normalized spacial score (nSPS) is 10.8. The Morgan fingerprint density at radius 2 is 2.10 bits per heavy atom. The zero-order chi connectivity index (χ0) is 14.8. The summed E-state index contributed by atoms with van der Waals surface area (Å²) >= 11 is 3.43. The van der Waals surface area contributed by atoms with Gasteiger partial charge in [-0.05, 0) is 46.3 Å². The number of nitrogen functional groups attached to an aromatic ring is 1. The maximum atomic E-state index is 5.71. The molecule has 0 saturated heterocycles. The van der Waals surface area contributed by atoms with E-state index in [4.69, 9.17) is 19.6 Å². The van der Waals surface area contributed by atoms with E-state index in [1.807, 2.05) is 24.3 Å². The number of methoxy groups -OCH3 is 1. The number of hydrogen-bond donors (Lipinski definition) is 1. The number of nitrogens with two attached hydrogens (primary N) is 1. The van der Waals surface area contributed by atoms with Gasteiger partial charge in [0.25, 0.3) is 0 Å². The number of oxazole rings is 1. The summed E-state index contributed by atoms with van der Waals surface area (Å²) in [7, 11) is 1.62. The zero-order valence-electron chi connectivity index (χ0n) is 11.3. The van der Waals surface area contributed by atoms with E-state index in [9.17, 15) is 0 Å². The Bertz CT molecular complexity index is 786. The maximum Gasteiger partial charge on any atom is 0.233 e. The summed E-state index contributed by atoms with van der Waals surface area (Å²) in [5.74, 6) is 1.95. The highest BCUT2D eigenvalue weighted by atomic mass is 79.9. The summed E-state index contributed by atoms with van der Waals surface area (Å²) in [6.07, 6.45) is 0. The van der Waals surface area contributed by atoms with Crippen LogP contribution >= 0.6 is 15.9 Å². The van der Waals surface area contributed by atoms with Crippen LogP contribution in [0.1, 0.15) is 5.89 Å². The van der Waals surface area contributed by atoms with E-state index in [1.54, 1.807) is 19.2 Å². The molecule has 0 unspecified atom stereocenters. The predicted octanol–water partition coefficient (Wildman–Crippen LogP) is 3.76. The monoisotopic (exact) mass is 348 g/mol. The largest absolute Gasteiger partial charge is 0.497 e. The van der Waals surface area contributed by atoms with Gasteiger partial charge >= 0.3 is 0 Å². The van der Waals surface area contributed by atoms with Crippen LogP contribution < -0.4 is 15.2 Å². The average molecular weight is 349 g/mol. The minimum Gasteiger partial charge on any atom is -0.497 e. The van der Waals surface area contributed by atoms with E-state index in [0.29, 0.717) is 22.9 Å². The molecule has 0 fully saturated rings. The number of anilines is 1. The van der Waals surface area contributed by atoms with Gasteiger partial charge in [0.1, 0.15) is 17.0 Å². The fourth-order valence-electron chi connectivity index (χ4n) is 1.92. The molecule has 5 nitrogen and oxygen atoms in total. The van der Waals surface area contributed by atoms with Crippen LogP contribution in [0.2, 0.25) is 0 Å². The van der Waals surface area contributed by atoms with E-state index < -0.39 is 0 Å². The van der Waals surface area contributed by atoms with Crippen LogP contribution in [-0.2, 0) is 6.61 Å². The molecule has 0 bridgehead atoms. The highest BCUT2D eigenvalue weighted by Crippen LogP contribution is 2.30. The van der Waals surface area contributed by atoms with Crippen LogP contribution in [0.25, 0.3) is 11.1 Å². The summed E-state index contributed by atoms with van der Waals surface area (Å²) in [6.45, 7) is 0.236. The lowest BCUT2D eigenvalue weighted by Crippen LogP contribution is -1.96. The number of fused-ring (bicyclic) bond motifs is 1. The van der Waals surface area contributed by atoms with Gasteiger partial charge in [-0.15, -0.1) is 0 Å². The Kier molecular flexibility index (Phi) is 3.70. The molecule has 0 aliphatic rings. The minimum absolute atomic E-state index is 0.236. The molecule has 2 aromatic carbocycles. The predicted molar refractivity (Wildman–Crippen MR) is 83.4 cm³/mol. The number of benzene rings is 2. The fraction of sp³-hybridized carbons (Fsp3) is 0.133. The van der Waals surface area contributed by atoms with Crippen molar-refractivity contribution in [1.82, 2.24) is 4.98 Å². The van der Waals surface area contributed by atoms with Gasteiger partial charge in [0.05, 0.1) is 11.6 Å². The lowest BCUT2D eigenvalue weighted by Gasteiger charge is -2.07. The molecule has 108 valence electrons. The van der Waals surface area contributed by atoms with Crippen LogP contribution in [-0.4, -0.2) is 12.1 Å². The lowest BCUT2D eigenvalue weighted by atomic mass is 10.3. The molecule has 6 heteroatoms. The molecule has 0 aliphatic heterocycles. The average Bonchev–Trinajstić information content (AvgIpc) is 2.87. The van der Waals surface area contributed by atoms with E-state index in [1.165, 1.54) is 0 Å². The number of nitrogens with zero attached hydrogens (tertiary/aromatic N) is 1. The molecular formula is C15H13BrN2O3. The van der Waals surface area contributed by atoms with E-state index >= 15 is 0 Å². The smallest absolute Gasteiger partial charge is 0.233 e. The third-order valence-corrected chi connectivity index (χ3v) is 3.57. The summed E-state index contributed by atoms with van der Waals surface area (Å²) in [5.41, 5.74) is 7.77. The fourth-order valence-corrected chi connectivity index (χ4v) is 2.39. The number of hydrogen-bond acceptors (Lipinski definition) is 5. The molecule has 21 heavy (non-hydrogen) atoms. The molecule has 0 saturated carbocycles. The second kappa shape index (κ2) is 5.65. The van der Waals surface area contributed by atoms with Crippen molar-refractivity contribution < 1.29 is 13.9 Å². The third kappa shape index (κ3) is 2.95. The van der Waals surface area contributed by atoms with Gasteiger partial charge in [-0.1, -0.05) is 0 Å². The Morgan fingerprint density at radius 3 is 2.86 bits per heavy atom. The van der Waals surface area contributed by atoms with Crippen molar-refractivity contribution in [2.45, 2.75) is 6.61 Å². The first kappa shape index (κ1) is 13.8. The van der Waals surface area contributed by atoms with Gasteiger partial charge in [-0.3, -0.25) is 0 Å². The summed E-state index contributed by atoms with van der Waals surface area (Å²) in [6, 6.07) is 10.8. The van der Waals surface area contributed by atoms with Crippen molar-refractivity contribution in [3.63, 3.8) is 0 Å². The molecule has 0 amide bonds. The highest BCUT2D eigenvalue weighted by Gasteiger charge is 2.08. The first-order valence-electron chi connectivity index (χ1n) is 6.27. The van der Waals surface area contributed by atoms with E-state index in [0.717, 1.165) is 15.7 Å². The second-order valence-electron chi connectivity index (χ2n) is 4.42. The molecule has 0 spiro atoms. The Labute approximate surface area is 129 Å². The number of aromatic nitrogens is 1. The Hall–Kier alpha value is -2.21. The van der Waals surface area contributed by atoms with Crippen LogP contribution in [0, 0.1) is 0 Å². The standard InChI is InChI=1S/C15H13BrN2O3/c1-19-10-3-5-13(11(16)7-10)20-8-15-18-12-4-2-9(17)6-14(12)21-15/h2-7H,8,17H2,1H3. The molecule has 3 aromatic rings. The van der Waals surface area contributed by atoms with Crippen molar-refractivity contribution in [2.75, 3.05) is 12.8 Å². The van der Waals surface area contributed by atoms with Crippen LogP contribution in [0.15, 0.2) is 45.3 Å². The van der Waals surface area contributed by atoms with Gasteiger partial charge in [0.2, 0.25) is 5.89 Å². The molecular weight excluding hydrogens is 336 g/mol. The van der Waals surface area contributed by atoms with Crippen molar-refractivity contribution in [3.8, 4) is 11.5 Å². The third-order valence-electron chi connectivity index (χ3n) is 2.95. The molecule has 1 aromatic heterocycles. The van der Waals surface area contributed by atoms with Crippen LogP contribution in [0.5, 0.6) is 11.5 Å². The zero-order valence-corrected chi connectivity index (χ0v) is 12.9. The quantitative estimate of drug-likeness (QED) is 0.727. The number of halogens is 1. The van der Waals surface area contributed by atoms with Gasteiger partial charge in [0, 0.05) is 11.8 Å². The minimum atomic E-state index is 0.236. The van der Waals surface area contributed by atoms with Gasteiger partial charge in [-0.2, -0.15) is 0 Å². The SMILES string of the molecule is COc1ccc(OCc2nc3ccc(N)cc3o2)c(Br)c1.